The number of aliphatic carboxylic acids is 1. The number of carbonyl (C=O) groups is 1. The Morgan fingerprint density at radius 3 is 2.47 bits per heavy atom. The van der Waals surface area contributed by atoms with Crippen LogP contribution in [0.5, 0.6) is 11.5 Å². The molecule has 0 amide bonds. The lowest BCUT2D eigenvalue weighted by molar-refractivity contribution is -0.138. The lowest BCUT2D eigenvalue weighted by Crippen LogP contribution is -2.22. The number of carboxylic acids is 1. The van der Waals surface area contributed by atoms with E-state index in [-0.39, 0.29) is 12.2 Å². The van der Waals surface area contributed by atoms with E-state index in [9.17, 15) is 9.90 Å². The highest BCUT2D eigenvalue weighted by molar-refractivity contribution is 5.69. The van der Waals surface area contributed by atoms with Gasteiger partial charge in [-0.2, -0.15) is 0 Å². The molecular formula is C13H18O4. The van der Waals surface area contributed by atoms with Gasteiger partial charge in [-0.05, 0) is 12.5 Å². The van der Waals surface area contributed by atoms with Gasteiger partial charge in [0.05, 0.1) is 13.5 Å². The highest BCUT2D eigenvalue weighted by Crippen LogP contribution is 2.41. The van der Waals surface area contributed by atoms with Crippen molar-refractivity contribution in [2.45, 2.75) is 32.6 Å². The van der Waals surface area contributed by atoms with E-state index >= 15 is 0 Å². The number of hydrogen-bond donors (Lipinski definition) is 2. The first-order valence-electron chi connectivity index (χ1n) is 5.38. The Bertz CT molecular complexity index is 435. The number of phenolic OH excluding ortho intramolecular Hbond substituents is 1. The fourth-order valence-electron chi connectivity index (χ4n) is 1.88. The smallest absolute Gasteiger partial charge is 0.304 e. The van der Waals surface area contributed by atoms with Gasteiger partial charge in [-0.3, -0.25) is 4.79 Å². The third-order valence-corrected chi connectivity index (χ3v) is 2.86. The van der Waals surface area contributed by atoms with Crippen molar-refractivity contribution in [1.29, 1.82) is 0 Å². The second-order valence-electron chi connectivity index (χ2n) is 4.77. The van der Waals surface area contributed by atoms with Crippen LogP contribution in [0.3, 0.4) is 0 Å². The standard InChI is InChI=1S/C13H18O4/c1-8-5-6-9(12(17-4)11(8)16)13(2,3)7-10(14)15/h5-6,16H,7H2,1-4H3,(H,14,15). The predicted molar refractivity (Wildman–Crippen MR) is 64.7 cm³/mol. The Labute approximate surface area is 101 Å². The molecule has 0 aromatic heterocycles. The molecule has 94 valence electrons. The van der Waals surface area contributed by atoms with Gasteiger partial charge >= 0.3 is 5.97 Å². The number of benzene rings is 1. The van der Waals surface area contributed by atoms with Gasteiger partial charge in [0, 0.05) is 11.0 Å². The molecule has 0 radical (unpaired) electrons. The van der Waals surface area contributed by atoms with Crippen molar-refractivity contribution in [2.75, 3.05) is 7.11 Å². The Hall–Kier alpha value is -1.71. The van der Waals surface area contributed by atoms with Crippen LogP contribution in [-0.2, 0) is 10.2 Å². The third kappa shape index (κ3) is 2.70. The van der Waals surface area contributed by atoms with Crippen LogP contribution in [0, 0.1) is 6.92 Å². The molecule has 0 aliphatic heterocycles. The molecule has 2 N–H and O–H groups in total. The third-order valence-electron chi connectivity index (χ3n) is 2.86. The van der Waals surface area contributed by atoms with E-state index in [0.29, 0.717) is 16.9 Å². The number of rotatable bonds is 4. The van der Waals surface area contributed by atoms with Crippen LogP contribution < -0.4 is 4.74 Å². The molecule has 0 unspecified atom stereocenters. The number of aromatic hydroxyl groups is 1. The van der Waals surface area contributed by atoms with Crippen molar-refractivity contribution < 1.29 is 19.7 Å². The van der Waals surface area contributed by atoms with Gasteiger partial charge < -0.3 is 14.9 Å². The predicted octanol–water partition coefficient (Wildman–Crippen LogP) is 2.46. The first kappa shape index (κ1) is 13.4. The highest BCUT2D eigenvalue weighted by atomic mass is 16.5. The maximum atomic E-state index is 10.8. The monoisotopic (exact) mass is 238 g/mol. The molecule has 0 atom stereocenters. The molecular weight excluding hydrogens is 220 g/mol. The Morgan fingerprint density at radius 1 is 1.41 bits per heavy atom. The van der Waals surface area contributed by atoms with Crippen LogP contribution in [0.25, 0.3) is 0 Å². The van der Waals surface area contributed by atoms with Gasteiger partial charge in [0.1, 0.15) is 0 Å². The zero-order valence-corrected chi connectivity index (χ0v) is 10.6. The molecule has 17 heavy (non-hydrogen) atoms. The molecule has 1 aromatic rings. The molecule has 0 aliphatic carbocycles. The zero-order valence-electron chi connectivity index (χ0n) is 10.6. The molecule has 0 bridgehead atoms. The second-order valence-corrected chi connectivity index (χ2v) is 4.77. The average Bonchev–Trinajstić information content (AvgIpc) is 2.19. The van der Waals surface area contributed by atoms with Crippen LogP contribution in [0.1, 0.15) is 31.4 Å². The minimum atomic E-state index is -0.878. The van der Waals surface area contributed by atoms with Gasteiger partial charge in [-0.1, -0.05) is 26.0 Å². The van der Waals surface area contributed by atoms with E-state index in [0.717, 1.165) is 0 Å². The number of hydrogen-bond acceptors (Lipinski definition) is 3. The summed E-state index contributed by atoms with van der Waals surface area (Å²) in [5.74, 6) is -0.447. The Kier molecular flexibility index (Phi) is 3.66. The summed E-state index contributed by atoms with van der Waals surface area (Å²) in [4.78, 5) is 10.8. The fourth-order valence-corrected chi connectivity index (χ4v) is 1.88. The zero-order chi connectivity index (χ0) is 13.2. The summed E-state index contributed by atoms with van der Waals surface area (Å²) in [6.07, 6.45) is -0.0220. The molecule has 0 saturated heterocycles. The molecule has 4 heteroatoms. The van der Waals surface area contributed by atoms with Crippen LogP contribution in [0.15, 0.2) is 12.1 Å². The molecule has 1 aromatic carbocycles. The summed E-state index contributed by atoms with van der Waals surface area (Å²) < 4.78 is 5.18. The second kappa shape index (κ2) is 4.65. The first-order chi connectivity index (χ1) is 7.79. The normalized spacial score (nSPS) is 11.3. The van der Waals surface area contributed by atoms with Crippen LogP contribution in [0.2, 0.25) is 0 Å². The van der Waals surface area contributed by atoms with Crippen LogP contribution in [-0.4, -0.2) is 23.3 Å². The van der Waals surface area contributed by atoms with Crippen molar-refractivity contribution in [2.24, 2.45) is 0 Å². The molecule has 0 heterocycles. The summed E-state index contributed by atoms with van der Waals surface area (Å²) in [6.45, 7) is 5.40. The molecule has 0 aliphatic rings. The van der Waals surface area contributed by atoms with Crippen LogP contribution in [0.4, 0.5) is 0 Å². The lowest BCUT2D eigenvalue weighted by Gasteiger charge is -2.26. The maximum absolute atomic E-state index is 10.8. The lowest BCUT2D eigenvalue weighted by atomic mass is 9.80. The number of phenols is 1. The summed E-state index contributed by atoms with van der Waals surface area (Å²) in [7, 11) is 1.47. The quantitative estimate of drug-likeness (QED) is 0.845. The summed E-state index contributed by atoms with van der Waals surface area (Å²) in [5, 5.41) is 18.8. The summed E-state index contributed by atoms with van der Waals surface area (Å²) in [5.41, 5.74) is 0.810. The molecule has 0 fully saturated rings. The Balaban J connectivity index is 3.31. The first-order valence-corrected chi connectivity index (χ1v) is 5.38. The highest BCUT2D eigenvalue weighted by Gasteiger charge is 2.29. The van der Waals surface area contributed by atoms with Crippen molar-refractivity contribution in [3.8, 4) is 11.5 Å². The van der Waals surface area contributed by atoms with E-state index in [1.165, 1.54) is 7.11 Å². The minimum Gasteiger partial charge on any atom is -0.504 e. The number of carboxylic acid groups (broad SMARTS) is 1. The SMILES string of the molecule is COc1c(C(C)(C)CC(=O)O)ccc(C)c1O. The van der Waals surface area contributed by atoms with E-state index in [1.54, 1.807) is 19.1 Å². The molecule has 0 saturated carbocycles. The minimum absolute atomic E-state index is 0.0220. The maximum Gasteiger partial charge on any atom is 0.304 e. The van der Waals surface area contributed by atoms with Gasteiger partial charge in [0.2, 0.25) is 0 Å². The van der Waals surface area contributed by atoms with Gasteiger partial charge in [0.15, 0.2) is 11.5 Å². The molecule has 1 rings (SSSR count). The Morgan fingerprint density at radius 2 is 2.00 bits per heavy atom. The van der Waals surface area contributed by atoms with E-state index in [2.05, 4.69) is 0 Å². The van der Waals surface area contributed by atoms with Crippen molar-refractivity contribution in [3.05, 3.63) is 23.3 Å². The number of ether oxygens (including phenoxy) is 1. The van der Waals surface area contributed by atoms with Crippen molar-refractivity contribution in [3.63, 3.8) is 0 Å². The fraction of sp³-hybridized carbons (Fsp3) is 0.462. The topological polar surface area (TPSA) is 66.8 Å². The molecule has 0 spiro atoms. The average molecular weight is 238 g/mol. The van der Waals surface area contributed by atoms with Crippen molar-refractivity contribution >= 4 is 5.97 Å². The van der Waals surface area contributed by atoms with Crippen molar-refractivity contribution in [1.82, 2.24) is 0 Å². The summed E-state index contributed by atoms with van der Waals surface area (Å²) in [6, 6.07) is 3.56. The van der Waals surface area contributed by atoms with Gasteiger partial charge in [-0.25, -0.2) is 0 Å². The number of aryl methyl sites for hydroxylation is 1. The van der Waals surface area contributed by atoms with Gasteiger partial charge in [0.25, 0.3) is 0 Å². The van der Waals surface area contributed by atoms with Crippen LogP contribution >= 0.6 is 0 Å². The van der Waals surface area contributed by atoms with E-state index in [1.807, 2.05) is 13.8 Å². The summed E-state index contributed by atoms with van der Waals surface area (Å²) >= 11 is 0. The van der Waals surface area contributed by atoms with Gasteiger partial charge in [-0.15, -0.1) is 0 Å². The number of methoxy groups -OCH3 is 1. The molecule has 4 nitrogen and oxygen atoms in total. The van der Waals surface area contributed by atoms with E-state index in [4.69, 9.17) is 9.84 Å². The van der Waals surface area contributed by atoms with E-state index < -0.39 is 11.4 Å². The largest absolute Gasteiger partial charge is 0.504 e.